The number of likely N-dealkylation sites (N-methyl/N-ethyl adjacent to an activating group) is 1. The Morgan fingerprint density at radius 2 is 1.95 bits per heavy atom. The molecule has 0 amide bonds. The Kier molecular flexibility index (Phi) is 5.45. The predicted octanol–water partition coefficient (Wildman–Crippen LogP) is 4.66. The maximum atomic E-state index is 13.5. The largest absolute Gasteiger partial charge is 0.363 e. The number of anilines is 1. The van der Waals surface area contributed by atoms with Crippen molar-refractivity contribution in [2.75, 3.05) is 18.0 Å². The second kappa shape index (κ2) is 7.12. The molecule has 0 radical (unpaired) electrons. The van der Waals surface area contributed by atoms with Crippen LogP contribution in [0.1, 0.15) is 18.5 Å². The van der Waals surface area contributed by atoms with Crippen LogP contribution in [0.25, 0.3) is 0 Å². The topological polar surface area (TPSA) is 29.3 Å². The molecule has 5 heteroatoms. The van der Waals surface area contributed by atoms with E-state index in [0.29, 0.717) is 23.1 Å². The van der Waals surface area contributed by atoms with Gasteiger partial charge in [0.15, 0.2) is 0 Å². The SMILES string of the molecule is CCN(c1cccc(F)c1)C(CN)c1cc(Cl)ccc1Cl. The fourth-order valence-corrected chi connectivity index (χ4v) is 2.85. The summed E-state index contributed by atoms with van der Waals surface area (Å²) in [5.41, 5.74) is 7.55. The number of rotatable bonds is 5. The smallest absolute Gasteiger partial charge is 0.125 e. The number of hydrogen-bond acceptors (Lipinski definition) is 2. The van der Waals surface area contributed by atoms with Gasteiger partial charge in [0, 0.05) is 28.8 Å². The van der Waals surface area contributed by atoms with Crippen molar-refractivity contribution in [2.24, 2.45) is 5.73 Å². The zero-order valence-electron chi connectivity index (χ0n) is 11.7. The maximum absolute atomic E-state index is 13.5. The first kappa shape index (κ1) is 16.1. The van der Waals surface area contributed by atoms with E-state index < -0.39 is 0 Å². The molecular weight excluding hydrogens is 310 g/mol. The molecule has 21 heavy (non-hydrogen) atoms. The lowest BCUT2D eigenvalue weighted by molar-refractivity contribution is 0.616. The highest BCUT2D eigenvalue weighted by atomic mass is 35.5. The first-order valence-corrected chi connectivity index (χ1v) is 7.49. The molecule has 0 aliphatic rings. The molecule has 0 aliphatic heterocycles. The standard InChI is InChI=1S/C16H17Cl2FN2/c1-2-21(13-5-3-4-12(19)9-13)16(10-20)14-8-11(17)6-7-15(14)18/h3-9,16H,2,10,20H2,1H3. The predicted molar refractivity (Wildman–Crippen MR) is 87.7 cm³/mol. The Bertz CT molecular complexity index is 619. The number of nitrogens with zero attached hydrogens (tertiary/aromatic N) is 1. The summed E-state index contributed by atoms with van der Waals surface area (Å²) in [5, 5.41) is 1.20. The monoisotopic (exact) mass is 326 g/mol. The van der Waals surface area contributed by atoms with Crippen molar-refractivity contribution >= 4 is 28.9 Å². The van der Waals surface area contributed by atoms with Crippen molar-refractivity contribution in [3.05, 3.63) is 63.9 Å². The van der Waals surface area contributed by atoms with Crippen LogP contribution in [0.5, 0.6) is 0 Å². The molecule has 2 N–H and O–H groups in total. The van der Waals surface area contributed by atoms with Gasteiger partial charge in [-0.3, -0.25) is 0 Å². The molecule has 112 valence electrons. The lowest BCUT2D eigenvalue weighted by Crippen LogP contribution is -2.34. The number of halogens is 3. The Morgan fingerprint density at radius 1 is 1.19 bits per heavy atom. The van der Waals surface area contributed by atoms with E-state index in [0.717, 1.165) is 11.3 Å². The highest BCUT2D eigenvalue weighted by molar-refractivity contribution is 6.33. The van der Waals surface area contributed by atoms with E-state index in [1.165, 1.54) is 12.1 Å². The van der Waals surface area contributed by atoms with Crippen LogP contribution in [0.2, 0.25) is 10.0 Å². The summed E-state index contributed by atoms with van der Waals surface area (Å²) in [7, 11) is 0. The van der Waals surface area contributed by atoms with E-state index in [2.05, 4.69) is 0 Å². The van der Waals surface area contributed by atoms with E-state index in [9.17, 15) is 4.39 Å². The zero-order valence-corrected chi connectivity index (χ0v) is 13.2. The summed E-state index contributed by atoms with van der Waals surface area (Å²) >= 11 is 12.3. The molecule has 2 nitrogen and oxygen atoms in total. The van der Waals surface area contributed by atoms with Gasteiger partial charge in [-0.05, 0) is 48.9 Å². The third kappa shape index (κ3) is 3.67. The van der Waals surface area contributed by atoms with E-state index >= 15 is 0 Å². The van der Waals surface area contributed by atoms with Crippen LogP contribution in [0.15, 0.2) is 42.5 Å². The molecule has 1 atom stereocenters. The normalized spacial score (nSPS) is 12.2. The zero-order chi connectivity index (χ0) is 15.4. The molecule has 0 saturated heterocycles. The number of hydrogen-bond donors (Lipinski definition) is 1. The van der Waals surface area contributed by atoms with Gasteiger partial charge in [-0.2, -0.15) is 0 Å². The minimum absolute atomic E-state index is 0.164. The van der Waals surface area contributed by atoms with E-state index in [-0.39, 0.29) is 11.9 Å². The van der Waals surface area contributed by atoms with Gasteiger partial charge in [-0.25, -0.2) is 4.39 Å². The Hall–Kier alpha value is -1.29. The molecule has 2 rings (SSSR count). The van der Waals surface area contributed by atoms with Crippen LogP contribution in [0.4, 0.5) is 10.1 Å². The molecular formula is C16H17Cl2FN2. The summed E-state index contributed by atoms with van der Waals surface area (Å²) < 4.78 is 13.5. The average Bonchev–Trinajstić information content (AvgIpc) is 2.47. The maximum Gasteiger partial charge on any atom is 0.125 e. The molecule has 0 bridgehead atoms. The molecule has 2 aromatic carbocycles. The lowest BCUT2D eigenvalue weighted by Gasteiger charge is -2.33. The highest BCUT2D eigenvalue weighted by Crippen LogP contribution is 2.32. The molecule has 2 aromatic rings. The minimum atomic E-state index is -0.279. The summed E-state index contributed by atoms with van der Waals surface area (Å²) in [5.74, 6) is -0.279. The lowest BCUT2D eigenvalue weighted by atomic mass is 10.0. The molecule has 0 aliphatic carbocycles. The minimum Gasteiger partial charge on any atom is -0.363 e. The van der Waals surface area contributed by atoms with Gasteiger partial charge in [0.05, 0.1) is 6.04 Å². The molecule has 0 saturated carbocycles. The van der Waals surface area contributed by atoms with Crippen molar-refractivity contribution in [2.45, 2.75) is 13.0 Å². The number of nitrogens with two attached hydrogens (primary N) is 1. The average molecular weight is 327 g/mol. The van der Waals surface area contributed by atoms with E-state index in [1.54, 1.807) is 18.2 Å². The highest BCUT2D eigenvalue weighted by Gasteiger charge is 2.21. The second-order valence-corrected chi connectivity index (χ2v) is 5.53. The van der Waals surface area contributed by atoms with Gasteiger partial charge in [0.25, 0.3) is 0 Å². The third-order valence-corrected chi connectivity index (χ3v) is 3.98. The summed E-state index contributed by atoms with van der Waals surface area (Å²) in [6.45, 7) is 3.02. The van der Waals surface area contributed by atoms with Gasteiger partial charge in [0.2, 0.25) is 0 Å². The van der Waals surface area contributed by atoms with Crippen LogP contribution >= 0.6 is 23.2 Å². The summed E-state index contributed by atoms with van der Waals surface area (Å²) in [6, 6.07) is 11.6. The van der Waals surface area contributed by atoms with Gasteiger partial charge in [-0.15, -0.1) is 0 Å². The van der Waals surface area contributed by atoms with Crippen molar-refractivity contribution in [1.82, 2.24) is 0 Å². The van der Waals surface area contributed by atoms with Gasteiger partial charge in [0.1, 0.15) is 5.82 Å². The Morgan fingerprint density at radius 3 is 2.57 bits per heavy atom. The Labute approximate surface area is 134 Å². The number of benzene rings is 2. The van der Waals surface area contributed by atoms with Crippen LogP contribution in [0.3, 0.4) is 0 Å². The Balaban J connectivity index is 2.44. The fraction of sp³-hybridized carbons (Fsp3) is 0.250. The second-order valence-electron chi connectivity index (χ2n) is 4.68. The van der Waals surface area contributed by atoms with Crippen molar-refractivity contribution in [3.63, 3.8) is 0 Å². The van der Waals surface area contributed by atoms with Gasteiger partial charge < -0.3 is 10.6 Å². The molecule has 0 aromatic heterocycles. The van der Waals surface area contributed by atoms with Gasteiger partial charge >= 0.3 is 0 Å². The van der Waals surface area contributed by atoms with Crippen LogP contribution in [-0.4, -0.2) is 13.1 Å². The van der Waals surface area contributed by atoms with E-state index in [4.69, 9.17) is 28.9 Å². The molecule has 1 unspecified atom stereocenters. The summed E-state index contributed by atoms with van der Waals surface area (Å²) in [6.07, 6.45) is 0. The molecule has 0 fully saturated rings. The van der Waals surface area contributed by atoms with E-state index in [1.807, 2.05) is 24.0 Å². The quantitative estimate of drug-likeness (QED) is 0.865. The molecule has 0 heterocycles. The fourth-order valence-electron chi connectivity index (χ4n) is 2.43. The van der Waals surface area contributed by atoms with Crippen molar-refractivity contribution in [3.8, 4) is 0 Å². The van der Waals surface area contributed by atoms with Crippen LogP contribution < -0.4 is 10.6 Å². The third-order valence-electron chi connectivity index (χ3n) is 3.40. The van der Waals surface area contributed by atoms with Crippen molar-refractivity contribution in [1.29, 1.82) is 0 Å². The summed E-state index contributed by atoms with van der Waals surface area (Å²) in [4.78, 5) is 2.01. The van der Waals surface area contributed by atoms with Crippen LogP contribution in [0, 0.1) is 5.82 Å². The van der Waals surface area contributed by atoms with Crippen LogP contribution in [-0.2, 0) is 0 Å². The first-order chi connectivity index (χ1) is 10.1. The molecule has 0 spiro atoms. The van der Waals surface area contributed by atoms with Gasteiger partial charge in [-0.1, -0.05) is 29.3 Å². The first-order valence-electron chi connectivity index (χ1n) is 6.74. The van der Waals surface area contributed by atoms with Crippen molar-refractivity contribution < 1.29 is 4.39 Å².